The number of nitrogens with zero attached hydrogens (tertiary/aromatic N) is 3. The Bertz CT molecular complexity index is 2890. The smallest absolute Gasteiger partial charge is 0.164 e. The van der Waals surface area contributed by atoms with Crippen LogP contribution in [0.5, 0.6) is 0 Å². The lowest BCUT2D eigenvalue weighted by Crippen LogP contribution is -2.03. The number of benzene rings is 7. The molecule has 250 valence electrons. The molecule has 7 aromatic carbocycles. The number of allylic oxidation sites excluding steroid dienone is 4. The van der Waals surface area contributed by atoms with Gasteiger partial charge in [-0.15, -0.1) is 0 Å². The second-order valence-electron chi connectivity index (χ2n) is 13.5. The number of aromatic nitrogens is 3. The fraction of sp³-hybridized carbons (Fsp3) is 0.0408. The third-order valence-corrected chi connectivity index (χ3v) is 10.2. The van der Waals surface area contributed by atoms with E-state index in [9.17, 15) is 0 Å². The van der Waals surface area contributed by atoms with Gasteiger partial charge in [0.1, 0.15) is 11.2 Å². The van der Waals surface area contributed by atoms with Crippen LogP contribution in [-0.2, 0) is 0 Å². The Morgan fingerprint density at radius 1 is 0.415 bits per heavy atom. The summed E-state index contributed by atoms with van der Waals surface area (Å²) in [6, 6.07) is 55.4. The van der Waals surface area contributed by atoms with E-state index >= 15 is 0 Å². The van der Waals surface area contributed by atoms with Gasteiger partial charge in [-0.1, -0.05) is 152 Å². The molecule has 0 amide bonds. The van der Waals surface area contributed by atoms with E-state index in [0.29, 0.717) is 11.6 Å². The minimum Gasteiger partial charge on any atom is -0.456 e. The maximum absolute atomic E-state index is 6.49. The average molecular weight is 680 g/mol. The van der Waals surface area contributed by atoms with Crippen LogP contribution in [0.4, 0.5) is 0 Å². The zero-order valence-corrected chi connectivity index (χ0v) is 28.9. The van der Waals surface area contributed by atoms with E-state index in [1.807, 2.05) is 30.3 Å². The Balaban J connectivity index is 1.11. The number of hydrogen-bond acceptors (Lipinski definition) is 4. The molecule has 9 aromatic rings. The fourth-order valence-electron chi connectivity index (χ4n) is 7.63. The van der Waals surface area contributed by atoms with E-state index < -0.39 is 0 Å². The summed E-state index contributed by atoms with van der Waals surface area (Å²) in [7, 11) is 0. The topological polar surface area (TPSA) is 51.8 Å². The zero-order valence-electron chi connectivity index (χ0n) is 28.9. The minimum atomic E-state index is 0.656. The first-order valence-corrected chi connectivity index (χ1v) is 18.1. The van der Waals surface area contributed by atoms with Gasteiger partial charge >= 0.3 is 0 Å². The molecule has 4 heteroatoms. The van der Waals surface area contributed by atoms with Gasteiger partial charge in [0.2, 0.25) is 0 Å². The van der Waals surface area contributed by atoms with Crippen LogP contribution >= 0.6 is 0 Å². The highest BCUT2D eigenvalue weighted by Crippen LogP contribution is 2.41. The van der Waals surface area contributed by atoms with E-state index in [4.69, 9.17) is 19.4 Å². The first-order valence-electron chi connectivity index (χ1n) is 18.1. The molecule has 0 fully saturated rings. The first kappa shape index (κ1) is 30.9. The van der Waals surface area contributed by atoms with Gasteiger partial charge in [0.15, 0.2) is 17.5 Å². The van der Waals surface area contributed by atoms with Crippen LogP contribution in [0, 0.1) is 0 Å². The molecule has 0 bridgehead atoms. The van der Waals surface area contributed by atoms with Crippen molar-refractivity contribution >= 4 is 38.3 Å². The van der Waals surface area contributed by atoms with Crippen molar-refractivity contribution in [1.29, 1.82) is 0 Å². The van der Waals surface area contributed by atoms with Crippen molar-refractivity contribution in [2.75, 3.05) is 0 Å². The minimum absolute atomic E-state index is 0.656. The van der Waals surface area contributed by atoms with Crippen molar-refractivity contribution in [3.63, 3.8) is 0 Å². The molecule has 0 aliphatic heterocycles. The predicted molar refractivity (Wildman–Crippen MR) is 218 cm³/mol. The molecule has 0 N–H and O–H groups in total. The Morgan fingerprint density at radius 2 is 1.04 bits per heavy atom. The van der Waals surface area contributed by atoms with Crippen LogP contribution < -0.4 is 0 Å². The largest absolute Gasteiger partial charge is 0.456 e. The Labute approximate surface area is 307 Å². The summed E-state index contributed by atoms with van der Waals surface area (Å²) in [5.41, 5.74) is 11.7. The first-order chi connectivity index (χ1) is 26.3. The predicted octanol–water partition coefficient (Wildman–Crippen LogP) is 13.0. The van der Waals surface area contributed by atoms with Crippen LogP contribution in [0.3, 0.4) is 0 Å². The van der Waals surface area contributed by atoms with Gasteiger partial charge < -0.3 is 4.42 Å². The van der Waals surface area contributed by atoms with E-state index in [2.05, 4.69) is 146 Å². The molecule has 0 radical (unpaired) electrons. The molecule has 0 saturated carbocycles. The highest BCUT2D eigenvalue weighted by atomic mass is 16.3. The second-order valence-corrected chi connectivity index (χ2v) is 13.5. The standard InChI is InChI=1S/C49H33N3O/c1-4-14-32(15-5-1)38-27-28-39(42-23-11-10-22-41(38)42)36-26-29-44-43(31-36)46-40(24-13-25-45(46)53-44)35-20-12-21-37(30-35)49-51-47(33-16-6-2-7-17-33)50-48(52-49)34-18-8-3-9-19-34/h1-8,10-18,20-31H,9,19H2. The van der Waals surface area contributed by atoms with Crippen molar-refractivity contribution in [1.82, 2.24) is 15.0 Å². The maximum atomic E-state index is 6.49. The third kappa shape index (κ3) is 5.62. The van der Waals surface area contributed by atoms with Crippen molar-refractivity contribution in [2.24, 2.45) is 0 Å². The van der Waals surface area contributed by atoms with E-state index in [-0.39, 0.29) is 0 Å². The second kappa shape index (κ2) is 13.0. The lowest BCUT2D eigenvalue weighted by molar-refractivity contribution is 0.669. The summed E-state index contributed by atoms with van der Waals surface area (Å²) in [6.07, 6.45) is 8.27. The molecule has 2 heterocycles. The summed E-state index contributed by atoms with van der Waals surface area (Å²) in [4.78, 5) is 15.0. The van der Waals surface area contributed by atoms with Crippen molar-refractivity contribution in [3.05, 3.63) is 182 Å². The summed E-state index contributed by atoms with van der Waals surface area (Å²) < 4.78 is 6.49. The summed E-state index contributed by atoms with van der Waals surface area (Å²) in [5, 5.41) is 4.63. The summed E-state index contributed by atoms with van der Waals surface area (Å²) in [5.74, 6) is 2.05. The zero-order chi connectivity index (χ0) is 35.1. The molecule has 53 heavy (non-hydrogen) atoms. The van der Waals surface area contributed by atoms with Crippen molar-refractivity contribution in [2.45, 2.75) is 12.8 Å². The van der Waals surface area contributed by atoms with Crippen LogP contribution in [0.1, 0.15) is 18.7 Å². The number of hydrogen-bond donors (Lipinski definition) is 0. The molecule has 0 saturated heterocycles. The highest BCUT2D eigenvalue weighted by molar-refractivity contribution is 6.14. The third-order valence-electron chi connectivity index (χ3n) is 10.2. The normalized spacial score (nSPS) is 12.8. The van der Waals surface area contributed by atoms with Gasteiger partial charge in [-0.05, 0) is 86.8 Å². The SMILES string of the molecule is C1=CCCC(c2nc(-c3ccccc3)nc(-c3cccc(-c4cccc5oc6ccc(-c7ccc(-c8ccccc8)c8ccccc78)cc6c45)c3)n2)=C1. The average Bonchev–Trinajstić information content (AvgIpc) is 3.62. The Morgan fingerprint density at radius 3 is 1.79 bits per heavy atom. The van der Waals surface area contributed by atoms with Gasteiger partial charge in [0.05, 0.1) is 0 Å². The quantitative estimate of drug-likeness (QED) is 0.175. The molecule has 0 spiro atoms. The molecule has 1 aliphatic rings. The van der Waals surface area contributed by atoms with Crippen molar-refractivity contribution in [3.8, 4) is 56.2 Å². The van der Waals surface area contributed by atoms with E-state index in [1.54, 1.807) is 0 Å². The fourth-order valence-corrected chi connectivity index (χ4v) is 7.63. The highest BCUT2D eigenvalue weighted by Gasteiger charge is 2.18. The maximum Gasteiger partial charge on any atom is 0.164 e. The van der Waals surface area contributed by atoms with Gasteiger partial charge in [0.25, 0.3) is 0 Å². The van der Waals surface area contributed by atoms with Gasteiger partial charge in [-0.25, -0.2) is 15.0 Å². The number of fused-ring (bicyclic) bond motifs is 4. The van der Waals surface area contributed by atoms with Gasteiger partial charge in [-0.3, -0.25) is 0 Å². The van der Waals surface area contributed by atoms with Gasteiger partial charge in [0, 0.05) is 21.9 Å². The van der Waals surface area contributed by atoms with Crippen LogP contribution in [-0.4, -0.2) is 15.0 Å². The van der Waals surface area contributed by atoms with Crippen LogP contribution in [0.25, 0.3) is 94.4 Å². The molecular formula is C49H33N3O. The summed E-state index contributed by atoms with van der Waals surface area (Å²) in [6.45, 7) is 0. The van der Waals surface area contributed by atoms with Gasteiger partial charge in [-0.2, -0.15) is 0 Å². The van der Waals surface area contributed by atoms with E-state index in [1.165, 1.54) is 27.5 Å². The molecular weight excluding hydrogens is 647 g/mol. The molecule has 0 atom stereocenters. The summed E-state index contributed by atoms with van der Waals surface area (Å²) >= 11 is 0. The monoisotopic (exact) mass is 679 g/mol. The van der Waals surface area contributed by atoms with Crippen molar-refractivity contribution < 1.29 is 4.42 Å². The molecule has 2 aromatic heterocycles. The van der Waals surface area contributed by atoms with Crippen LogP contribution in [0.2, 0.25) is 0 Å². The molecule has 1 aliphatic carbocycles. The molecule has 0 unspecified atom stereocenters. The Kier molecular flexibility index (Phi) is 7.58. The number of furan rings is 1. The Hall–Kier alpha value is -6.91. The lowest BCUT2D eigenvalue weighted by Gasteiger charge is -2.13. The number of rotatable bonds is 6. The van der Waals surface area contributed by atoms with Crippen LogP contribution in [0.15, 0.2) is 180 Å². The molecule has 10 rings (SSSR count). The lowest BCUT2D eigenvalue weighted by atomic mass is 9.91. The molecule has 4 nitrogen and oxygen atoms in total. The van der Waals surface area contributed by atoms with E-state index in [0.717, 1.165) is 74.0 Å².